The molecule has 0 unspecified atom stereocenters. The minimum atomic E-state index is -0.473. The zero-order valence-electron chi connectivity index (χ0n) is 19.7. The SMILES string of the molecule is CCn1c(=O)[nH]c(=O)c2c1nc(Cc1cn3ccccc3n1)n2Cc1ccc(-c2noc(C)n2)cc1. The van der Waals surface area contributed by atoms with Crippen molar-refractivity contribution in [3.05, 3.63) is 98.7 Å². The first-order valence-corrected chi connectivity index (χ1v) is 11.5. The van der Waals surface area contributed by atoms with Crippen LogP contribution in [0.5, 0.6) is 0 Å². The van der Waals surface area contributed by atoms with Gasteiger partial charge in [0.2, 0.25) is 11.7 Å². The van der Waals surface area contributed by atoms with Crippen molar-refractivity contribution in [1.29, 1.82) is 0 Å². The quantitative estimate of drug-likeness (QED) is 0.386. The van der Waals surface area contributed by atoms with E-state index in [4.69, 9.17) is 9.51 Å². The van der Waals surface area contributed by atoms with Gasteiger partial charge in [0.15, 0.2) is 11.2 Å². The molecule has 0 amide bonds. The molecule has 0 saturated carbocycles. The first-order valence-electron chi connectivity index (χ1n) is 11.5. The maximum atomic E-state index is 13.0. The Balaban J connectivity index is 1.45. The number of nitrogens with zero attached hydrogens (tertiary/aromatic N) is 7. The molecular formula is C25H22N8O3. The van der Waals surface area contributed by atoms with E-state index in [2.05, 4.69) is 20.1 Å². The van der Waals surface area contributed by atoms with Crippen LogP contribution in [-0.2, 0) is 19.5 Å². The molecule has 36 heavy (non-hydrogen) atoms. The highest BCUT2D eigenvalue weighted by atomic mass is 16.5. The summed E-state index contributed by atoms with van der Waals surface area (Å²) >= 11 is 0. The Hall–Kier alpha value is -4.80. The summed E-state index contributed by atoms with van der Waals surface area (Å²) in [6.07, 6.45) is 4.27. The monoisotopic (exact) mass is 482 g/mol. The number of fused-ring (bicyclic) bond motifs is 2. The molecule has 1 aromatic carbocycles. The minimum Gasteiger partial charge on any atom is -0.339 e. The number of imidazole rings is 2. The summed E-state index contributed by atoms with van der Waals surface area (Å²) in [7, 11) is 0. The molecule has 6 rings (SSSR count). The van der Waals surface area contributed by atoms with Crippen molar-refractivity contribution < 1.29 is 4.52 Å². The summed E-state index contributed by atoms with van der Waals surface area (Å²) in [5, 5.41) is 3.96. The molecule has 0 bridgehead atoms. The molecule has 0 aliphatic heterocycles. The summed E-state index contributed by atoms with van der Waals surface area (Å²) in [6.45, 7) is 4.36. The first kappa shape index (κ1) is 21.7. The molecule has 0 spiro atoms. The van der Waals surface area contributed by atoms with E-state index in [-0.39, 0.29) is 0 Å². The molecule has 1 N–H and O–H groups in total. The van der Waals surface area contributed by atoms with Gasteiger partial charge in [-0.05, 0) is 24.6 Å². The van der Waals surface area contributed by atoms with Crippen molar-refractivity contribution in [2.75, 3.05) is 0 Å². The van der Waals surface area contributed by atoms with E-state index < -0.39 is 11.2 Å². The lowest BCUT2D eigenvalue weighted by molar-refractivity contribution is 0.394. The topological polar surface area (TPSA) is 129 Å². The molecule has 0 fully saturated rings. The number of rotatable bonds is 6. The first-order chi connectivity index (χ1) is 17.5. The molecule has 180 valence electrons. The fourth-order valence-corrected chi connectivity index (χ4v) is 4.41. The Labute approximate surface area is 203 Å². The third-order valence-corrected chi connectivity index (χ3v) is 6.11. The number of H-pyrrole nitrogens is 1. The maximum Gasteiger partial charge on any atom is 0.330 e. The number of aromatic amines is 1. The molecular weight excluding hydrogens is 460 g/mol. The molecule has 5 heterocycles. The van der Waals surface area contributed by atoms with Gasteiger partial charge in [-0.25, -0.2) is 14.8 Å². The van der Waals surface area contributed by atoms with Crippen LogP contribution >= 0.6 is 0 Å². The zero-order valence-corrected chi connectivity index (χ0v) is 19.7. The predicted octanol–water partition coefficient (Wildman–Crippen LogP) is 2.55. The van der Waals surface area contributed by atoms with E-state index in [1.807, 2.05) is 70.7 Å². The summed E-state index contributed by atoms with van der Waals surface area (Å²) in [4.78, 5) is 41.5. The smallest absolute Gasteiger partial charge is 0.330 e. The molecule has 11 heteroatoms. The van der Waals surface area contributed by atoms with Crippen LogP contribution in [0.2, 0.25) is 0 Å². The van der Waals surface area contributed by atoms with Crippen LogP contribution in [0.15, 0.2) is 69.0 Å². The Morgan fingerprint density at radius 2 is 1.83 bits per heavy atom. The van der Waals surface area contributed by atoms with Gasteiger partial charge in [0.1, 0.15) is 11.5 Å². The van der Waals surface area contributed by atoms with Gasteiger partial charge < -0.3 is 13.5 Å². The predicted molar refractivity (Wildman–Crippen MR) is 132 cm³/mol. The lowest BCUT2D eigenvalue weighted by Gasteiger charge is -2.09. The number of nitrogens with one attached hydrogen (secondary N) is 1. The number of benzene rings is 1. The highest BCUT2D eigenvalue weighted by Crippen LogP contribution is 2.20. The van der Waals surface area contributed by atoms with Crippen LogP contribution in [0.4, 0.5) is 0 Å². The van der Waals surface area contributed by atoms with E-state index >= 15 is 0 Å². The van der Waals surface area contributed by atoms with Gasteiger partial charge in [-0.2, -0.15) is 4.98 Å². The van der Waals surface area contributed by atoms with Crippen molar-refractivity contribution in [3.63, 3.8) is 0 Å². The second kappa shape index (κ2) is 8.45. The second-order valence-corrected chi connectivity index (χ2v) is 8.50. The van der Waals surface area contributed by atoms with E-state index in [0.29, 0.717) is 48.2 Å². The number of pyridine rings is 1. The van der Waals surface area contributed by atoms with Crippen molar-refractivity contribution in [3.8, 4) is 11.4 Å². The van der Waals surface area contributed by atoms with E-state index in [9.17, 15) is 9.59 Å². The van der Waals surface area contributed by atoms with E-state index in [0.717, 1.165) is 22.5 Å². The highest BCUT2D eigenvalue weighted by Gasteiger charge is 2.19. The number of hydrogen-bond donors (Lipinski definition) is 1. The van der Waals surface area contributed by atoms with E-state index in [1.54, 1.807) is 6.92 Å². The van der Waals surface area contributed by atoms with Crippen LogP contribution in [0.1, 0.15) is 29.9 Å². The zero-order chi connectivity index (χ0) is 24.8. The van der Waals surface area contributed by atoms with Crippen LogP contribution in [-0.4, -0.2) is 38.6 Å². The summed E-state index contributed by atoms with van der Waals surface area (Å²) in [5.41, 5.74) is 3.19. The van der Waals surface area contributed by atoms with Crippen LogP contribution < -0.4 is 11.2 Å². The molecule has 5 aromatic heterocycles. The van der Waals surface area contributed by atoms with E-state index in [1.165, 1.54) is 4.57 Å². The van der Waals surface area contributed by atoms with Gasteiger partial charge in [0, 0.05) is 44.4 Å². The fraction of sp³-hybridized carbons (Fsp3) is 0.200. The Morgan fingerprint density at radius 1 is 1.00 bits per heavy atom. The van der Waals surface area contributed by atoms with Crippen LogP contribution in [0, 0.1) is 6.92 Å². The number of aryl methyl sites for hydroxylation is 2. The third kappa shape index (κ3) is 3.70. The van der Waals surface area contributed by atoms with Crippen molar-refractivity contribution >= 4 is 16.8 Å². The molecule has 0 aliphatic carbocycles. The molecule has 0 saturated heterocycles. The molecule has 0 atom stereocenters. The lowest BCUT2D eigenvalue weighted by atomic mass is 10.1. The Morgan fingerprint density at radius 3 is 2.56 bits per heavy atom. The molecule has 11 nitrogen and oxygen atoms in total. The highest BCUT2D eigenvalue weighted by molar-refractivity contribution is 5.71. The van der Waals surface area contributed by atoms with Crippen LogP contribution in [0.3, 0.4) is 0 Å². The van der Waals surface area contributed by atoms with Crippen molar-refractivity contribution in [2.24, 2.45) is 0 Å². The van der Waals surface area contributed by atoms with Crippen molar-refractivity contribution in [2.45, 2.75) is 33.4 Å². The average Bonchev–Trinajstić information content (AvgIpc) is 3.57. The summed E-state index contributed by atoms with van der Waals surface area (Å²) < 4.78 is 10.3. The van der Waals surface area contributed by atoms with Crippen LogP contribution in [0.25, 0.3) is 28.2 Å². The molecule has 0 radical (unpaired) electrons. The number of aromatic nitrogens is 8. The Bertz CT molecular complexity index is 1800. The third-order valence-electron chi connectivity index (χ3n) is 6.11. The van der Waals surface area contributed by atoms with Gasteiger partial charge in [-0.15, -0.1) is 0 Å². The summed E-state index contributed by atoms with van der Waals surface area (Å²) in [6, 6.07) is 13.5. The largest absolute Gasteiger partial charge is 0.339 e. The second-order valence-electron chi connectivity index (χ2n) is 8.50. The van der Waals surface area contributed by atoms with Gasteiger partial charge in [0.05, 0.1) is 5.69 Å². The average molecular weight is 483 g/mol. The number of hydrogen-bond acceptors (Lipinski definition) is 7. The Kier molecular flexibility index (Phi) is 5.10. The normalized spacial score (nSPS) is 11.6. The summed E-state index contributed by atoms with van der Waals surface area (Å²) in [5.74, 6) is 1.66. The van der Waals surface area contributed by atoms with Gasteiger partial charge in [0.25, 0.3) is 5.56 Å². The minimum absolute atomic E-state index is 0.355. The van der Waals surface area contributed by atoms with Gasteiger partial charge in [-0.1, -0.05) is 35.5 Å². The molecule has 6 aromatic rings. The van der Waals surface area contributed by atoms with Gasteiger partial charge in [-0.3, -0.25) is 14.3 Å². The van der Waals surface area contributed by atoms with Gasteiger partial charge >= 0.3 is 5.69 Å². The molecule has 0 aliphatic rings. The van der Waals surface area contributed by atoms with Crippen molar-refractivity contribution in [1.82, 2.24) is 38.6 Å². The standard InChI is InChI=1S/C25H22N8O3/c1-3-32-23-21(24(34)29-25(32)35)33(13-16-7-9-17(10-8-16)22-26-15(2)36-30-22)20(28-23)12-18-14-31-11-5-4-6-19(31)27-18/h4-11,14H,3,12-13H2,1-2H3,(H,29,34,35). The lowest BCUT2D eigenvalue weighted by Crippen LogP contribution is -2.30. The maximum absolute atomic E-state index is 13.0. The fourth-order valence-electron chi connectivity index (χ4n) is 4.41.